The lowest BCUT2D eigenvalue weighted by Crippen LogP contribution is -2.37. The predicted molar refractivity (Wildman–Crippen MR) is 99.2 cm³/mol. The van der Waals surface area contributed by atoms with Crippen LogP contribution in [0.25, 0.3) is 0 Å². The van der Waals surface area contributed by atoms with Crippen LogP contribution in [0.4, 0.5) is 35.1 Å². The van der Waals surface area contributed by atoms with E-state index in [4.69, 9.17) is 5.11 Å². The maximum absolute atomic E-state index is 13.5. The maximum atomic E-state index is 13.5. The van der Waals surface area contributed by atoms with Gasteiger partial charge >= 0.3 is 18.3 Å². The predicted octanol–water partition coefficient (Wildman–Crippen LogP) is 5.33. The lowest BCUT2D eigenvalue weighted by Gasteiger charge is -2.27. The molecular formula is C21H15F8NO3. The largest absolute Gasteiger partial charge is 0.478 e. The van der Waals surface area contributed by atoms with Crippen LogP contribution in [0, 0.1) is 11.6 Å². The molecule has 33 heavy (non-hydrogen) atoms. The third-order valence-corrected chi connectivity index (χ3v) is 4.54. The molecule has 1 amide bonds. The fraction of sp³-hybridized carbons (Fsp3) is 0.238. The smallest absolute Gasteiger partial charge is 0.416 e. The monoisotopic (exact) mass is 481 g/mol. The van der Waals surface area contributed by atoms with E-state index in [1.807, 2.05) is 0 Å². The Balaban J connectivity index is 2.49. The lowest BCUT2D eigenvalue weighted by molar-refractivity contribution is -0.143. The number of alkyl halides is 6. The minimum atomic E-state index is -5.18. The number of aliphatic carboxylic acids is 1. The Labute approximate surface area is 181 Å². The van der Waals surface area contributed by atoms with Crippen LogP contribution < -0.4 is 0 Å². The minimum Gasteiger partial charge on any atom is -0.478 e. The quantitative estimate of drug-likeness (QED) is 0.449. The Morgan fingerprint density at radius 1 is 0.939 bits per heavy atom. The zero-order valence-electron chi connectivity index (χ0n) is 16.6. The molecule has 178 valence electrons. The number of carbonyl (C=O) groups is 2. The summed E-state index contributed by atoms with van der Waals surface area (Å²) in [4.78, 5) is 24.4. The highest BCUT2D eigenvalue weighted by atomic mass is 19.4. The van der Waals surface area contributed by atoms with Crippen molar-refractivity contribution >= 4 is 11.9 Å². The molecule has 0 aliphatic carbocycles. The molecule has 1 atom stereocenters. The van der Waals surface area contributed by atoms with Gasteiger partial charge < -0.3 is 10.0 Å². The second kappa shape index (κ2) is 9.59. The number of halogens is 8. The average molecular weight is 481 g/mol. The molecule has 2 aromatic carbocycles. The van der Waals surface area contributed by atoms with Crippen molar-refractivity contribution in [3.05, 3.63) is 82.4 Å². The zero-order chi connectivity index (χ0) is 25.1. The van der Waals surface area contributed by atoms with Crippen molar-refractivity contribution in [2.24, 2.45) is 0 Å². The molecule has 0 aliphatic heterocycles. The molecule has 4 nitrogen and oxygen atoms in total. The summed E-state index contributed by atoms with van der Waals surface area (Å²) in [5.74, 6) is -5.15. The van der Waals surface area contributed by atoms with Gasteiger partial charge in [0.2, 0.25) is 0 Å². The van der Waals surface area contributed by atoms with Gasteiger partial charge in [0.15, 0.2) is 11.6 Å². The molecule has 2 aromatic rings. The third kappa shape index (κ3) is 6.77. The van der Waals surface area contributed by atoms with Crippen LogP contribution in [0.15, 0.2) is 48.6 Å². The molecular weight excluding hydrogens is 466 g/mol. The fourth-order valence-electron chi connectivity index (χ4n) is 2.87. The first-order valence-electron chi connectivity index (χ1n) is 9.01. The first-order chi connectivity index (χ1) is 15.1. The first kappa shape index (κ1) is 25.8. The highest BCUT2D eigenvalue weighted by Crippen LogP contribution is 2.36. The third-order valence-electron chi connectivity index (χ3n) is 4.54. The molecule has 0 bridgehead atoms. The van der Waals surface area contributed by atoms with Crippen molar-refractivity contribution in [3.8, 4) is 0 Å². The highest BCUT2D eigenvalue weighted by molar-refractivity contribution is 5.95. The van der Waals surface area contributed by atoms with Crippen LogP contribution >= 0.6 is 0 Å². The number of carboxylic acid groups (broad SMARTS) is 1. The van der Waals surface area contributed by atoms with Crippen molar-refractivity contribution < 1.29 is 49.8 Å². The summed E-state index contributed by atoms with van der Waals surface area (Å²) in [5.41, 5.74) is -4.26. The van der Waals surface area contributed by atoms with Crippen LogP contribution in [-0.4, -0.2) is 35.0 Å². The number of hydrogen-bond donors (Lipinski definition) is 1. The van der Waals surface area contributed by atoms with Gasteiger partial charge in [-0.25, -0.2) is 13.6 Å². The SMILES string of the molecule is CN(C(=O)c1cc(C(F)(F)F)cc(C(F)(F)F)c1)[C@H](C=CC(=O)O)Cc1ccc(F)c(F)c1. The Kier molecular flexibility index (Phi) is 7.50. The second-order valence-electron chi connectivity index (χ2n) is 6.93. The topological polar surface area (TPSA) is 57.6 Å². The molecule has 0 fully saturated rings. The van der Waals surface area contributed by atoms with Crippen LogP contribution in [-0.2, 0) is 23.6 Å². The van der Waals surface area contributed by atoms with E-state index < -0.39 is 58.6 Å². The van der Waals surface area contributed by atoms with E-state index in [1.165, 1.54) is 0 Å². The second-order valence-corrected chi connectivity index (χ2v) is 6.93. The van der Waals surface area contributed by atoms with Crippen molar-refractivity contribution in [3.63, 3.8) is 0 Å². The van der Waals surface area contributed by atoms with E-state index >= 15 is 0 Å². The molecule has 0 saturated heterocycles. The van der Waals surface area contributed by atoms with E-state index in [1.54, 1.807) is 0 Å². The van der Waals surface area contributed by atoms with E-state index in [-0.39, 0.29) is 30.2 Å². The van der Waals surface area contributed by atoms with E-state index in [2.05, 4.69) is 0 Å². The first-order valence-corrected chi connectivity index (χ1v) is 9.01. The van der Waals surface area contributed by atoms with Crippen molar-refractivity contribution in [2.45, 2.75) is 24.8 Å². The van der Waals surface area contributed by atoms with Gasteiger partial charge in [-0.05, 0) is 42.3 Å². The van der Waals surface area contributed by atoms with Crippen LogP contribution in [0.1, 0.15) is 27.0 Å². The molecule has 1 N–H and O–H groups in total. The molecule has 12 heteroatoms. The molecule has 0 unspecified atom stereocenters. The Hall–Kier alpha value is -3.44. The summed E-state index contributed by atoms with van der Waals surface area (Å²) >= 11 is 0. The summed E-state index contributed by atoms with van der Waals surface area (Å²) in [6.07, 6.45) is -9.12. The number of nitrogens with zero attached hydrogens (tertiary/aromatic N) is 1. The summed E-state index contributed by atoms with van der Waals surface area (Å²) in [6.45, 7) is 0. The van der Waals surface area contributed by atoms with Gasteiger partial charge in [-0.1, -0.05) is 12.1 Å². The lowest BCUT2D eigenvalue weighted by atomic mass is 10.0. The fourth-order valence-corrected chi connectivity index (χ4v) is 2.87. The highest BCUT2D eigenvalue weighted by Gasteiger charge is 2.38. The van der Waals surface area contributed by atoms with Gasteiger partial charge in [-0.2, -0.15) is 26.3 Å². The molecule has 0 spiro atoms. The number of benzene rings is 2. The van der Waals surface area contributed by atoms with Crippen LogP contribution in [0.5, 0.6) is 0 Å². The van der Waals surface area contributed by atoms with Crippen molar-refractivity contribution in [2.75, 3.05) is 7.05 Å². The standard InChI is InChI=1S/C21H15F8NO3/c1-30(15(3-5-18(31)32)6-11-2-4-16(22)17(23)7-11)19(33)12-8-13(20(24,25)26)10-14(9-12)21(27,28)29/h2-5,7-10,15H,6H2,1H3,(H,31,32)/t15-/m1/s1. The minimum absolute atomic E-state index is 0.0913. The van der Waals surface area contributed by atoms with Crippen molar-refractivity contribution in [1.29, 1.82) is 0 Å². The van der Waals surface area contributed by atoms with E-state index in [9.17, 15) is 44.7 Å². The summed E-state index contributed by atoms with van der Waals surface area (Å²) in [7, 11) is 1.02. The van der Waals surface area contributed by atoms with E-state index in [0.29, 0.717) is 11.0 Å². The maximum Gasteiger partial charge on any atom is 0.416 e. The Bertz CT molecular complexity index is 1040. The van der Waals surface area contributed by atoms with Crippen molar-refractivity contribution in [1.82, 2.24) is 4.90 Å². The van der Waals surface area contributed by atoms with E-state index in [0.717, 1.165) is 31.3 Å². The number of hydrogen-bond acceptors (Lipinski definition) is 2. The molecule has 0 aliphatic rings. The Morgan fingerprint density at radius 2 is 1.48 bits per heavy atom. The summed E-state index contributed by atoms with van der Waals surface area (Å²) in [5, 5.41) is 8.85. The number of rotatable bonds is 6. The number of likely N-dealkylation sites (N-methyl/N-ethyl adjacent to an activating group) is 1. The zero-order valence-corrected chi connectivity index (χ0v) is 16.6. The molecule has 0 radical (unpaired) electrons. The van der Waals surface area contributed by atoms with Crippen LogP contribution in [0.2, 0.25) is 0 Å². The van der Waals surface area contributed by atoms with Gasteiger partial charge in [-0.3, -0.25) is 4.79 Å². The number of carboxylic acids is 1. The average Bonchev–Trinajstić information content (AvgIpc) is 2.70. The van der Waals surface area contributed by atoms with Gasteiger partial charge in [0.05, 0.1) is 17.2 Å². The number of amides is 1. The van der Waals surface area contributed by atoms with Gasteiger partial charge in [-0.15, -0.1) is 0 Å². The molecule has 0 saturated carbocycles. The summed E-state index contributed by atoms with van der Waals surface area (Å²) in [6, 6.07) is 1.77. The normalized spacial score (nSPS) is 13.2. The summed E-state index contributed by atoms with van der Waals surface area (Å²) < 4.78 is 105. The van der Waals surface area contributed by atoms with Gasteiger partial charge in [0.25, 0.3) is 5.91 Å². The molecule has 0 aromatic heterocycles. The van der Waals surface area contributed by atoms with Gasteiger partial charge in [0, 0.05) is 18.7 Å². The molecule has 2 rings (SSSR count). The Morgan fingerprint density at radius 3 is 1.94 bits per heavy atom. The van der Waals surface area contributed by atoms with Crippen LogP contribution in [0.3, 0.4) is 0 Å². The molecule has 0 heterocycles. The number of carbonyl (C=O) groups excluding carboxylic acids is 1. The van der Waals surface area contributed by atoms with Gasteiger partial charge in [0.1, 0.15) is 0 Å².